The molecule has 0 aliphatic heterocycles. The van der Waals surface area contributed by atoms with Gasteiger partial charge in [-0.3, -0.25) is 9.59 Å². The molecule has 1 N–H and O–H groups in total. The van der Waals surface area contributed by atoms with Gasteiger partial charge in [-0.05, 0) is 18.4 Å². The second-order valence-corrected chi connectivity index (χ2v) is 6.44. The Kier molecular flexibility index (Phi) is 5.15. The van der Waals surface area contributed by atoms with Crippen LogP contribution in [-0.4, -0.2) is 15.6 Å². The number of anilines is 1. The van der Waals surface area contributed by atoms with Crippen molar-refractivity contribution in [3.63, 3.8) is 0 Å². The Labute approximate surface area is 147 Å². The lowest BCUT2D eigenvalue weighted by molar-refractivity contribution is -0.138. The minimum absolute atomic E-state index is 0.145. The van der Waals surface area contributed by atoms with Crippen LogP contribution in [-0.2, 0) is 11.0 Å². The molecule has 2 heterocycles. The summed E-state index contributed by atoms with van der Waals surface area (Å²) in [6, 6.07) is 1.93. The summed E-state index contributed by atoms with van der Waals surface area (Å²) < 4.78 is 44.6. The van der Waals surface area contributed by atoms with Gasteiger partial charge in [0.2, 0.25) is 5.91 Å². The zero-order chi connectivity index (χ0) is 18.7. The van der Waals surface area contributed by atoms with E-state index in [1.54, 1.807) is 0 Å². The number of pyridine rings is 1. The van der Waals surface area contributed by atoms with Crippen molar-refractivity contribution in [2.24, 2.45) is 5.92 Å². The van der Waals surface area contributed by atoms with E-state index < -0.39 is 29.2 Å². The maximum Gasteiger partial charge on any atom is 0.417 e. The number of nitrogens with zero attached hydrogens (tertiary/aromatic N) is 2. The van der Waals surface area contributed by atoms with Gasteiger partial charge in [-0.1, -0.05) is 30.8 Å². The normalized spacial score (nSPS) is 16.6. The molecule has 1 atom stereocenters. The van der Waals surface area contributed by atoms with Crippen LogP contribution < -0.4 is 10.9 Å². The summed E-state index contributed by atoms with van der Waals surface area (Å²) in [5.41, 5.74) is -1.63. The Bertz CT molecular complexity index is 809. The fraction of sp³-hybridized carbons (Fsp3) is 0.471. The largest absolute Gasteiger partial charge is 0.417 e. The van der Waals surface area contributed by atoms with Crippen molar-refractivity contribution in [3.05, 3.63) is 46.6 Å². The summed E-state index contributed by atoms with van der Waals surface area (Å²) in [6.07, 6.45) is 1.48. The minimum Gasteiger partial charge on any atom is -0.363 e. The second-order valence-electron chi connectivity index (χ2n) is 6.44. The molecule has 2 aromatic heterocycles. The highest BCUT2D eigenvalue weighted by molar-refractivity contribution is 5.92. The van der Waals surface area contributed by atoms with Gasteiger partial charge in [0, 0.05) is 18.3 Å². The fourth-order valence-electron chi connectivity index (χ4n) is 3.31. The molecule has 2 aromatic rings. The van der Waals surface area contributed by atoms with Gasteiger partial charge < -0.3 is 14.4 Å². The third-order valence-electron chi connectivity index (χ3n) is 4.62. The van der Waals surface area contributed by atoms with Crippen molar-refractivity contribution in [1.29, 1.82) is 0 Å². The maximum atomic E-state index is 13.0. The van der Waals surface area contributed by atoms with Crippen LogP contribution in [0.4, 0.5) is 19.0 Å². The first kappa shape index (κ1) is 18.2. The van der Waals surface area contributed by atoms with Gasteiger partial charge in [0.15, 0.2) is 5.82 Å². The van der Waals surface area contributed by atoms with Gasteiger partial charge >= 0.3 is 6.18 Å². The molecule has 0 bridgehead atoms. The summed E-state index contributed by atoms with van der Waals surface area (Å²) in [5, 5.41) is 6.06. The number of carbonyl (C=O) groups is 1. The summed E-state index contributed by atoms with van der Waals surface area (Å²) >= 11 is 0. The molecule has 26 heavy (non-hydrogen) atoms. The number of alkyl halides is 3. The van der Waals surface area contributed by atoms with Gasteiger partial charge in [0.1, 0.15) is 12.3 Å². The molecule has 0 spiro atoms. The highest BCUT2D eigenvalue weighted by Crippen LogP contribution is 2.33. The Balaban J connectivity index is 1.94. The predicted octanol–water partition coefficient (Wildman–Crippen LogP) is 3.62. The van der Waals surface area contributed by atoms with Crippen LogP contribution in [0.2, 0.25) is 0 Å². The first-order valence-corrected chi connectivity index (χ1v) is 8.35. The van der Waals surface area contributed by atoms with E-state index >= 15 is 0 Å². The summed E-state index contributed by atoms with van der Waals surface area (Å²) in [7, 11) is 0. The van der Waals surface area contributed by atoms with Crippen molar-refractivity contribution in [3.8, 4) is 0 Å². The Morgan fingerprint density at radius 1 is 1.31 bits per heavy atom. The lowest BCUT2D eigenvalue weighted by Crippen LogP contribution is -2.34. The molecule has 1 aliphatic rings. The molecule has 1 aliphatic carbocycles. The minimum atomic E-state index is -4.60. The smallest absolute Gasteiger partial charge is 0.363 e. The molecule has 9 heteroatoms. The molecule has 6 nitrogen and oxygen atoms in total. The zero-order valence-electron chi connectivity index (χ0n) is 13.8. The van der Waals surface area contributed by atoms with Crippen LogP contribution in [0.25, 0.3) is 0 Å². The van der Waals surface area contributed by atoms with Crippen LogP contribution in [0.5, 0.6) is 0 Å². The van der Waals surface area contributed by atoms with Crippen LogP contribution >= 0.6 is 0 Å². The van der Waals surface area contributed by atoms with Crippen molar-refractivity contribution in [2.75, 3.05) is 5.32 Å². The molecule has 1 fully saturated rings. The maximum absolute atomic E-state index is 13.0. The van der Waals surface area contributed by atoms with Gasteiger partial charge in [-0.25, -0.2) is 0 Å². The Morgan fingerprint density at radius 2 is 2.04 bits per heavy atom. The average molecular weight is 369 g/mol. The van der Waals surface area contributed by atoms with E-state index in [0.29, 0.717) is 12.6 Å². The fourth-order valence-corrected chi connectivity index (χ4v) is 3.31. The van der Waals surface area contributed by atoms with Gasteiger partial charge in [0.05, 0.1) is 5.56 Å². The van der Waals surface area contributed by atoms with Crippen molar-refractivity contribution >= 4 is 11.7 Å². The third kappa shape index (κ3) is 4.14. The van der Waals surface area contributed by atoms with E-state index in [1.807, 2.05) is 0 Å². The van der Waals surface area contributed by atoms with E-state index in [2.05, 4.69) is 15.0 Å². The number of halogens is 3. The van der Waals surface area contributed by atoms with Gasteiger partial charge in [0.25, 0.3) is 5.56 Å². The highest BCUT2D eigenvalue weighted by Gasteiger charge is 2.33. The zero-order valence-corrected chi connectivity index (χ0v) is 13.8. The van der Waals surface area contributed by atoms with E-state index in [-0.39, 0.29) is 11.7 Å². The first-order valence-electron chi connectivity index (χ1n) is 8.35. The number of hydrogen-bond donors (Lipinski definition) is 1. The SMILES string of the molecule is O=C(Nc1ccon1)[C@H](CC1CCCC1)n1cc(C(F)(F)F)ccc1=O. The van der Waals surface area contributed by atoms with E-state index in [1.165, 1.54) is 12.3 Å². The quantitative estimate of drug-likeness (QED) is 0.873. The van der Waals surface area contributed by atoms with Crippen LogP contribution in [0, 0.1) is 5.92 Å². The lowest BCUT2D eigenvalue weighted by Gasteiger charge is -2.22. The van der Waals surface area contributed by atoms with Gasteiger partial charge in [-0.2, -0.15) is 13.2 Å². The molecular weight excluding hydrogens is 351 g/mol. The number of carbonyl (C=O) groups excluding carboxylic acids is 1. The van der Waals surface area contributed by atoms with Crippen LogP contribution in [0.15, 0.2) is 40.0 Å². The molecular formula is C17H18F3N3O3. The number of nitrogens with one attached hydrogen (secondary N) is 1. The Morgan fingerprint density at radius 3 is 2.65 bits per heavy atom. The molecule has 0 saturated heterocycles. The molecule has 140 valence electrons. The van der Waals surface area contributed by atoms with Crippen molar-refractivity contribution in [1.82, 2.24) is 9.72 Å². The molecule has 0 radical (unpaired) electrons. The number of rotatable bonds is 5. The number of amides is 1. The average Bonchev–Trinajstić information content (AvgIpc) is 3.26. The first-order chi connectivity index (χ1) is 12.3. The third-order valence-corrected chi connectivity index (χ3v) is 4.62. The molecule has 3 rings (SSSR count). The number of aromatic nitrogens is 2. The second kappa shape index (κ2) is 7.35. The lowest BCUT2D eigenvalue weighted by atomic mass is 9.97. The summed E-state index contributed by atoms with van der Waals surface area (Å²) in [5.74, 6) is -0.261. The predicted molar refractivity (Wildman–Crippen MR) is 86.4 cm³/mol. The monoisotopic (exact) mass is 369 g/mol. The molecule has 1 amide bonds. The molecule has 0 unspecified atom stereocenters. The Hall–Kier alpha value is -2.58. The standard InChI is InChI=1S/C17H18F3N3O3/c18-17(19,20)12-5-6-15(24)23(10-12)13(9-11-3-1-2-4-11)16(25)21-14-7-8-26-22-14/h5-8,10-11,13H,1-4,9H2,(H,21,22,25)/t13-/m0/s1. The van der Waals surface area contributed by atoms with E-state index in [9.17, 15) is 22.8 Å². The van der Waals surface area contributed by atoms with Crippen molar-refractivity contribution in [2.45, 2.75) is 44.3 Å². The van der Waals surface area contributed by atoms with Crippen LogP contribution in [0.1, 0.15) is 43.7 Å². The highest BCUT2D eigenvalue weighted by atomic mass is 19.4. The van der Waals surface area contributed by atoms with Crippen LogP contribution in [0.3, 0.4) is 0 Å². The van der Waals surface area contributed by atoms with Crippen molar-refractivity contribution < 1.29 is 22.5 Å². The number of hydrogen-bond acceptors (Lipinski definition) is 4. The van der Waals surface area contributed by atoms with E-state index in [0.717, 1.165) is 42.4 Å². The molecule has 0 aromatic carbocycles. The topological polar surface area (TPSA) is 77.1 Å². The summed E-state index contributed by atoms with van der Waals surface area (Å²) in [6.45, 7) is 0. The molecule has 1 saturated carbocycles. The van der Waals surface area contributed by atoms with Gasteiger partial charge in [-0.15, -0.1) is 0 Å². The van der Waals surface area contributed by atoms with E-state index in [4.69, 9.17) is 0 Å². The summed E-state index contributed by atoms with van der Waals surface area (Å²) in [4.78, 5) is 24.9.